The molecule has 2 aliphatic heterocycles. The fourth-order valence-corrected chi connectivity index (χ4v) is 5.18. The molecule has 3 aliphatic rings. The molecule has 0 aromatic rings. The zero-order valence-corrected chi connectivity index (χ0v) is 14.3. The Morgan fingerprint density at radius 3 is 2.91 bits per heavy atom. The average molecular weight is 341 g/mol. The summed E-state index contributed by atoms with van der Waals surface area (Å²) in [5.74, 6) is 1.07. The molecule has 0 aromatic heterocycles. The molecule has 3 rings (SSSR count). The summed E-state index contributed by atoms with van der Waals surface area (Å²) in [6.45, 7) is 0.579. The molecule has 4 N–H and O–H groups in total. The van der Waals surface area contributed by atoms with E-state index in [1.54, 1.807) is 0 Å². The van der Waals surface area contributed by atoms with Gasteiger partial charge in [0.1, 0.15) is 0 Å². The SMILES string of the molecule is O=C(CCCC[C@@H]1SC[C@@H]2NC(=O)N[C@@H]21)NCCC1(O)CCC1. The van der Waals surface area contributed by atoms with E-state index in [2.05, 4.69) is 16.0 Å². The van der Waals surface area contributed by atoms with Gasteiger partial charge in [-0.1, -0.05) is 6.42 Å². The number of thioether (sulfide) groups is 1. The summed E-state index contributed by atoms with van der Waals surface area (Å²) in [7, 11) is 0. The van der Waals surface area contributed by atoms with Crippen LogP contribution < -0.4 is 16.0 Å². The van der Waals surface area contributed by atoms with Gasteiger partial charge in [0.05, 0.1) is 17.7 Å². The van der Waals surface area contributed by atoms with Crippen LogP contribution in [0.15, 0.2) is 0 Å². The largest absolute Gasteiger partial charge is 0.390 e. The summed E-state index contributed by atoms with van der Waals surface area (Å²) in [5.41, 5.74) is -0.511. The van der Waals surface area contributed by atoms with E-state index in [0.29, 0.717) is 24.6 Å². The third-order valence-corrected chi connectivity index (χ3v) is 6.79. The number of carbonyl (C=O) groups is 2. The summed E-state index contributed by atoms with van der Waals surface area (Å²) < 4.78 is 0. The lowest BCUT2D eigenvalue weighted by Gasteiger charge is -2.36. The maximum Gasteiger partial charge on any atom is 0.315 e. The topological polar surface area (TPSA) is 90.5 Å². The minimum absolute atomic E-state index is 0.0437. The molecule has 3 atom stereocenters. The molecule has 130 valence electrons. The van der Waals surface area contributed by atoms with Gasteiger partial charge in [0, 0.05) is 24.0 Å². The van der Waals surface area contributed by atoms with Crippen molar-refractivity contribution in [3.63, 3.8) is 0 Å². The molecular weight excluding hydrogens is 314 g/mol. The van der Waals surface area contributed by atoms with Crippen molar-refractivity contribution in [1.29, 1.82) is 0 Å². The molecule has 3 fully saturated rings. The Labute approximate surface area is 141 Å². The van der Waals surface area contributed by atoms with E-state index in [9.17, 15) is 14.7 Å². The summed E-state index contributed by atoms with van der Waals surface area (Å²) in [6, 6.07) is 0.487. The molecule has 1 aliphatic carbocycles. The Hall–Kier alpha value is -0.950. The van der Waals surface area contributed by atoms with Gasteiger partial charge in [0.2, 0.25) is 5.91 Å². The number of rotatable bonds is 8. The van der Waals surface area contributed by atoms with Crippen LogP contribution in [0.4, 0.5) is 4.79 Å². The van der Waals surface area contributed by atoms with Crippen molar-refractivity contribution in [3.05, 3.63) is 0 Å². The first-order valence-electron chi connectivity index (χ1n) is 8.73. The van der Waals surface area contributed by atoms with Crippen molar-refractivity contribution >= 4 is 23.7 Å². The second-order valence-corrected chi connectivity index (χ2v) is 8.32. The van der Waals surface area contributed by atoms with Crippen molar-refractivity contribution in [2.24, 2.45) is 0 Å². The highest BCUT2D eigenvalue weighted by molar-refractivity contribution is 8.00. The zero-order valence-electron chi connectivity index (χ0n) is 13.5. The number of aliphatic hydroxyl groups is 1. The first-order valence-corrected chi connectivity index (χ1v) is 9.78. The van der Waals surface area contributed by atoms with Crippen LogP contribution in [0.3, 0.4) is 0 Å². The van der Waals surface area contributed by atoms with Gasteiger partial charge in [-0.2, -0.15) is 11.8 Å². The van der Waals surface area contributed by atoms with Gasteiger partial charge >= 0.3 is 6.03 Å². The van der Waals surface area contributed by atoms with Gasteiger partial charge < -0.3 is 21.1 Å². The molecule has 0 radical (unpaired) electrons. The van der Waals surface area contributed by atoms with Gasteiger partial charge in [-0.3, -0.25) is 4.79 Å². The van der Waals surface area contributed by atoms with E-state index >= 15 is 0 Å². The Kier molecular flexibility index (Phi) is 5.36. The highest BCUT2D eigenvalue weighted by Crippen LogP contribution is 2.34. The number of nitrogens with one attached hydrogen (secondary N) is 3. The molecule has 23 heavy (non-hydrogen) atoms. The second kappa shape index (κ2) is 7.30. The molecule has 0 aromatic carbocycles. The fraction of sp³-hybridized carbons (Fsp3) is 0.875. The Bertz CT molecular complexity index is 456. The Morgan fingerprint density at radius 1 is 1.35 bits per heavy atom. The third-order valence-electron chi connectivity index (χ3n) is 5.28. The lowest BCUT2D eigenvalue weighted by molar-refractivity contribution is -0.121. The summed E-state index contributed by atoms with van der Waals surface area (Å²) in [6.07, 6.45) is 7.00. The smallest absolute Gasteiger partial charge is 0.315 e. The number of amides is 3. The molecule has 2 saturated heterocycles. The van der Waals surface area contributed by atoms with E-state index in [4.69, 9.17) is 0 Å². The van der Waals surface area contributed by atoms with Gasteiger partial charge in [-0.05, 0) is 38.5 Å². The predicted molar refractivity (Wildman–Crippen MR) is 90.4 cm³/mol. The molecule has 0 bridgehead atoms. The second-order valence-electron chi connectivity index (χ2n) is 7.05. The van der Waals surface area contributed by atoms with E-state index in [1.807, 2.05) is 11.8 Å². The highest BCUT2D eigenvalue weighted by atomic mass is 32.2. The van der Waals surface area contributed by atoms with E-state index in [-0.39, 0.29) is 24.0 Å². The van der Waals surface area contributed by atoms with E-state index in [1.165, 1.54) is 0 Å². The van der Waals surface area contributed by atoms with Crippen LogP contribution in [0.2, 0.25) is 0 Å². The van der Waals surface area contributed by atoms with Crippen LogP contribution >= 0.6 is 11.8 Å². The highest BCUT2D eigenvalue weighted by Gasteiger charge is 2.42. The standard InChI is InChI=1S/C16H27N3O3S/c20-13(17-9-8-16(22)6-3-7-16)5-2-1-4-12-14-11(10-23-12)18-15(21)19-14/h11-12,14,22H,1-10H2,(H,17,20)(H2,18,19,21)/t11-,12-,14-/m0/s1. The maximum absolute atomic E-state index is 11.8. The summed E-state index contributed by atoms with van der Waals surface area (Å²) in [5, 5.41) is 19.3. The average Bonchev–Trinajstić information content (AvgIpc) is 3.01. The van der Waals surface area contributed by atoms with Crippen LogP contribution in [0, 0.1) is 0 Å². The van der Waals surface area contributed by atoms with E-state index in [0.717, 1.165) is 44.3 Å². The molecule has 2 heterocycles. The number of hydrogen-bond acceptors (Lipinski definition) is 4. The fourth-order valence-electron chi connectivity index (χ4n) is 3.63. The first kappa shape index (κ1) is 16.9. The molecular formula is C16H27N3O3S. The number of urea groups is 1. The van der Waals surface area contributed by atoms with Gasteiger partial charge in [0.15, 0.2) is 0 Å². The van der Waals surface area contributed by atoms with Gasteiger partial charge in [-0.25, -0.2) is 4.79 Å². The molecule has 3 amide bonds. The first-order chi connectivity index (χ1) is 11.1. The van der Waals surface area contributed by atoms with Crippen LogP contribution in [0.1, 0.15) is 51.4 Å². The van der Waals surface area contributed by atoms with Gasteiger partial charge in [0.25, 0.3) is 0 Å². The van der Waals surface area contributed by atoms with Crippen molar-refractivity contribution < 1.29 is 14.7 Å². The molecule has 7 heteroatoms. The Balaban J connectivity index is 1.24. The quantitative estimate of drug-likeness (QED) is 0.394. The van der Waals surface area contributed by atoms with Crippen LogP contribution in [-0.4, -0.2) is 52.3 Å². The van der Waals surface area contributed by atoms with Crippen LogP contribution in [0.5, 0.6) is 0 Å². The number of fused-ring (bicyclic) bond motifs is 1. The van der Waals surface area contributed by atoms with E-state index < -0.39 is 5.60 Å². The summed E-state index contributed by atoms with van der Waals surface area (Å²) in [4.78, 5) is 23.1. The van der Waals surface area contributed by atoms with Crippen LogP contribution in [0.25, 0.3) is 0 Å². The van der Waals surface area contributed by atoms with Crippen LogP contribution in [-0.2, 0) is 4.79 Å². The monoisotopic (exact) mass is 341 g/mol. The van der Waals surface area contributed by atoms with Crippen molar-refractivity contribution in [3.8, 4) is 0 Å². The van der Waals surface area contributed by atoms with Crippen molar-refractivity contribution in [2.45, 2.75) is 74.3 Å². The molecule has 1 saturated carbocycles. The van der Waals surface area contributed by atoms with Crippen molar-refractivity contribution in [1.82, 2.24) is 16.0 Å². The predicted octanol–water partition coefficient (Wildman–Crippen LogP) is 1.13. The number of hydrogen-bond donors (Lipinski definition) is 4. The lowest BCUT2D eigenvalue weighted by atomic mass is 9.78. The number of unbranched alkanes of at least 4 members (excludes halogenated alkanes) is 1. The van der Waals surface area contributed by atoms with Crippen molar-refractivity contribution in [2.75, 3.05) is 12.3 Å². The normalized spacial score (nSPS) is 31.0. The Morgan fingerprint density at radius 2 is 2.17 bits per heavy atom. The lowest BCUT2D eigenvalue weighted by Crippen LogP contribution is -2.40. The molecule has 0 unspecified atom stereocenters. The molecule has 0 spiro atoms. The summed E-state index contributed by atoms with van der Waals surface area (Å²) >= 11 is 1.92. The molecule has 6 nitrogen and oxygen atoms in total. The maximum atomic E-state index is 11.8. The zero-order chi connectivity index (χ0) is 16.3. The van der Waals surface area contributed by atoms with Gasteiger partial charge in [-0.15, -0.1) is 0 Å². The minimum atomic E-state index is -0.511. The minimum Gasteiger partial charge on any atom is -0.390 e. The number of carbonyl (C=O) groups excluding carboxylic acids is 2. The third kappa shape index (κ3) is 4.32.